The molecule has 0 aliphatic carbocycles. The van der Waals surface area contributed by atoms with Crippen LogP contribution in [-0.4, -0.2) is 42.0 Å². The van der Waals surface area contributed by atoms with Gasteiger partial charge in [-0.25, -0.2) is 17.6 Å². The molecule has 162 valence electrons. The Balaban J connectivity index is 1.37. The molecule has 0 saturated carbocycles. The van der Waals surface area contributed by atoms with Crippen LogP contribution >= 0.6 is 0 Å². The number of hydrogen-bond donors (Lipinski definition) is 1. The van der Waals surface area contributed by atoms with Crippen molar-refractivity contribution in [1.29, 1.82) is 5.26 Å². The molecule has 5 nitrogen and oxygen atoms in total. The van der Waals surface area contributed by atoms with Crippen molar-refractivity contribution in [3.63, 3.8) is 0 Å². The Morgan fingerprint density at radius 2 is 1.81 bits per heavy atom. The van der Waals surface area contributed by atoms with Gasteiger partial charge in [0, 0.05) is 37.7 Å². The van der Waals surface area contributed by atoms with E-state index in [0.29, 0.717) is 31.3 Å². The van der Waals surface area contributed by atoms with E-state index in [-0.39, 0.29) is 42.0 Å². The first-order chi connectivity index (χ1) is 14.8. The molecular weight excluding hydrogens is 412 g/mol. The van der Waals surface area contributed by atoms with Gasteiger partial charge in [0.1, 0.15) is 11.6 Å². The number of fused-ring (bicyclic) bond motifs is 2. The van der Waals surface area contributed by atoms with Gasteiger partial charge in [0.2, 0.25) is 5.91 Å². The van der Waals surface area contributed by atoms with Crippen LogP contribution in [-0.2, 0) is 11.2 Å². The summed E-state index contributed by atoms with van der Waals surface area (Å²) in [6.45, 7) is 0.876. The number of rotatable bonds is 5. The zero-order valence-corrected chi connectivity index (χ0v) is 16.5. The minimum absolute atomic E-state index is 0.0451. The molecule has 4 rings (SSSR count). The Kier molecular flexibility index (Phi) is 5.58. The fourth-order valence-electron chi connectivity index (χ4n) is 4.49. The Labute approximate surface area is 176 Å². The summed E-state index contributed by atoms with van der Waals surface area (Å²) in [5.41, 5.74) is 6.55. The molecule has 2 bridgehead atoms. The maximum absolute atomic E-state index is 14.4. The second-order valence-electron chi connectivity index (χ2n) is 8.05. The summed E-state index contributed by atoms with van der Waals surface area (Å²) in [6.07, 6.45) is 0.532. The average molecular weight is 432 g/mol. The fourth-order valence-corrected chi connectivity index (χ4v) is 4.49. The van der Waals surface area contributed by atoms with Gasteiger partial charge in [-0.1, -0.05) is 0 Å². The van der Waals surface area contributed by atoms with Crippen LogP contribution in [0.25, 0.3) is 0 Å². The lowest BCUT2D eigenvalue weighted by Gasteiger charge is -2.36. The summed E-state index contributed by atoms with van der Waals surface area (Å²) in [6, 6.07) is 6.57. The first-order valence-corrected chi connectivity index (χ1v) is 9.91. The Hall–Kier alpha value is -3.12. The molecule has 2 aliphatic rings. The predicted octanol–water partition coefficient (Wildman–Crippen LogP) is 2.86. The highest BCUT2D eigenvalue weighted by Gasteiger charge is 2.45. The first-order valence-electron chi connectivity index (χ1n) is 9.91. The number of benzene rings is 2. The lowest BCUT2D eigenvalue weighted by Crippen LogP contribution is -2.50. The van der Waals surface area contributed by atoms with E-state index >= 15 is 0 Å². The van der Waals surface area contributed by atoms with Crippen molar-refractivity contribution in [2.45, 2.75) is 37.4 Å². The fraction of sp³-hybridized carbons (Fsp3) is 0.364. The van der Waals surface area contributed by atoms with Gasteiger partial charge >= 0.3 is 0 Å². The van der Waals surface area contributed by atoms with E-state index in [0.717, 1.165) is 6.07 Å². The molecule has 2 saturated heterocycles. The number of hydrogen-bond acceptors (Lipinski definition) is 4. The van der Waals surface area contributed by atoms with E-state index in [4.69, 9.17) is 11.0 Å². The van der Waals surface area contributed by atoms with Crippen LogP contribution in [0.5, 0.6) is 0 Å². The third kappa shape index (κ3) is 4.08. The van der Waals surface area contributed by atoms with Crippen molar-refractivity contribution >= 4 is 11.6 Å². The maximum atomic E-state index is 14.4. The zero-order valence-electron chi connectivity index (χ0n) is 16.5. The summed E-state index contributed by atoms with van der Waals surface area (Å²) < 4.78 is 54.6. The number of likely N-dealkylation sites (tertiary alicyclic amines) is 1. The minimum atomic E-state index is -1.28. The van der Waals surface area contributed by atoms with Crippen LogP contribution in [0.3, 0.4) is 0 Å². The quantitative estimate of drug-likeness (QED) is 0.583. The molecule has 2 aliphatic heterocycles. The summed E-state index contributed by atoms with van der Waals surface area (Å²) in [5.74, 6) is -4.02. The smallest absolute Gasteiger partial charge is 0.224 e. The van der Waals surface area contributed by atoms with Crippen LogP contribution in [0.2, 0.25) is 0 Å². The molecule has 2 aromatic rings. The molecule has 1 amide bonds. The lowest BCUT2D eigenvalue weighted by atomic mass is 10.0. The van der Waals surface area contributed by atoms with Gasteiger partial charge in [-0.3, -0.25) is 4.79 Å². The molecule has 2 fully saturated rings. The number of nitriles is 1. The highest BCUT2D eigenvalue weighted by Crippen LogP contribution is 2.36. The van der Waals surface area contributed by atoms with Crippen molar-refractivity contribution < 1.29 is 22.4 Å². The number of carbonyl (C=O) groups is 1. The molecule has 2 aromatic carbocycles. The Bertz CT molecular complexity index is 1070. The van der Waals surface area contributed by atoms with E-state index in [1.54, 1.807) is 17.0 Å². The molecule has 0 aromatic heterocycles. The number of nitrogens with zero attached hydrogens (tertiary/aromatic N) is 3. The van der Waals surface area contributed by atoms with Crippen LogP contribution in [0.1, 0.15) is 24.0 Å². The first kappa shape index (κ1) is 21.1. The number of halogens is 4. The molecule has 0 radical (unpaired) electrons. The third-order valence-electron chi connectivity index (χ3n) is 5.96. The van der Waals surface area contributed by atoms with Gasteiger partial charge in [-0.2, -0.15) is 5.26 Å². The molecule has 2 N–H and O–H groups in total. The normalized spacial score (nSPS) is 20.8. The van der Waals surface area contributed by atoms with Crippen LogP contribution in [0, 0.1) is 34.6 Å². The zero-order chi connectivity index (χ0) is 22.3. The number of nitrogens with two attached hydrogens (primary N) is 1. The number of piperazine rings is 1. The Morgan fingerprint density at radius 3 is 2.45 bits per heavy atom. The van der Waals surface area contributed by atoms with Gasteiger partial charge in [-0.05, 0) is 42.7 Å². The van der Waals surface area contributed by atoms with Crippen molar-refractivity contribution in [3.05, 3.63) is 64.7 Å². The largest absolute Gasteiger partial charge is 0.362 e. The monoisotopic (exact) mass is 432 g/mol. The summed E-state index contributed by atoms with van der Waals surface area (Å²) in [4.78, 5) is 16.3. The van der Waals surface area contributed by atoms with E-state index < -0.39 is 29.3 Å². The topological polar surface area (TPSA) is 73.4 Å². The van der Waals surface area contributed by atoms with Gasteiger partial charge in [0.15, 0.2) is 11.6 Å². The maximum Gasteiger partial charge on any atom is 0.224 e. The summed E-state index contributed by atoms with van der Waals surface area (Å²) in [7, 11) is 0. The number of amides is 1. The summed E-state index contributed by atoms with van der Waals surface area (Å²) in [5, 5.41) is 8.88. The lowest BCUT2D eigenvalue weighted by molar-refractivity contribution is -0.132. The predicted molar refractivity (Wildman–Crippen MR) is 105 cm³/mol. The minimum Gasteiger partial charge on any atom is -0.362 e. The molecule has 31 heavy (non-hydrogen) atoms. The van der Waals surface area contributed by atoms with Crippen LogP contribution in [0.4, 0.5) is 23.2 Å². The molecule has 9 heteroatoms. The van der Waals surface area contributed by atoms with Crippen molar-refractivity contribution in [2.24, 2.45) is 5.73 Å². The van der Waals surface area contributed by atoms with Crippen molar-refractivity contribution in [2.75, 3.05) is 18.0 Å². The second kappa shape index (κ2) is 8.19. The molecule has 0 unspecified atom stereocenters. The standard InChI is InChI=1S/C22H20F4N4O/c23-17-8-19(25)18(24)5-13(17)4-14(28)6-22(31)30-11-15-7-16(30)10-29(15)21-2-1-12(9-27)3-20(21)26/h1-3,5,8,14-16H,4,6-7,10-11,28H2/t14-,15-,16+/m1/s1. The molecule has 3 atom stereocenters. The van der Waals surface area contributed by atoms with Gasteiger partial charge in [-0.15, -0.1) is 0 Å². The second-order valence-corrected chi connectivity index (χ2v) is 8.05. The Morgan fingerprint density at radius 1 is 1.06 bits per heavy atom. The molecule has 0 spiro atoms. The van der Waals surface area contributed by atoms with Crippen molar-refractivity contribution in [1.82, 2.24) is 4.90 Å². The van der Waals surface area contributed by atoms with E-state index in [9.17, 15) is 22.4 Å². The third-order valence-corrected chi connectivity index (χ3v) is 5.96. The van der Waals surface area contributed by atoms with Crippen LogP contribution < -0.4 is 10.6 Å². The highest BCUT2D eigenvalue weighted by molar-refractivity contribution is 5.78. The van der Waals surface area contributed by atoms with E-state index in [2.05, 4.69) is 0 Å². The molecule has 2 heterocycles. The van der Waals surface area contributed by atoms with E-state index in [1.165, 1.54) is 6.07 Å². The average Bonchev–Trinajstić information content (AvgIpc) is 3.32. The van der Waals surface area contributed by atoms with Crippen LogP contribution in [0.15, 0.2) is 30.3 Å². The van der Waals surface area contributed by atoms with Crippen molar-refractivity contribution in [3.8, 4) is 6.07 Å². The SMILES string of the molecule is N#Cc1ccc(N2C[C@@H]3C[C@@H]2CN3C(=O)C[C@H](N)Cc2cc(F)c(F)cc2F)c(F)c1. The highest BCUT2D eigenvalue weighted by atomic mass is 19.2. The van der Waals surface area contributed by atoms with Gasteiger partial charge in [0.05, 0.1) is 23.4 Å². The van der Waals surface area contributed by atoms with E-state index in [1.807, 2.05) is 11.0 Å². The van der Waals surface area contributed by atoms with Gasteiger partial charge < -0.3 is 15.5 Å². The molecular formula is C22H20F4N4O. The number of anilines is 1. The number of carbonyl (C=O) groups excluding carboxylic acids is 1. The van der Waals surface area contributed by atoms with Gasteiger partial charge in [0.25, 0.3) is 0 Å². The summed E-state index contributed by atoms with van der Waals surface area (Å²) >= 11 is 0.